The van der Waals surface area contributed by atoms with Gasteiger partial charge in [0.1, 0.15) is 12.0 Å². The van der Waals surface area contributed by atoms with Gasteiger partial charge in [0, 0.05) is 18.3 Å². The standard InChI is InChI=1S/C24H24N2O5/c1-16-14-17(2)26-23(25-16)31-21(22(28)29)24(15-30-18(3)27,19-10-6-4-7-11-19)20-12-8-5-9-13-20/h4-14,21H,15H2,1-3H3,(H,28,29). The van der Waals surface area contributed by atoms with Crippen LogP contribution in [-0.2, 0) is 19.7 Å². The van der Waals surface area contributed by atoms with Gasteiger partial charge in [-0.05, 0) is 31.0 Å². The highest BCUT2D eigenvalue weighted by atomic mass is 16.5. The van der Waals surface area contributed by atoms with Gasteiger partial charge in [-0.1, -0.05) is 60.7 Å². The van der Waals surface area contributed by atoms with Crippen LogP contribution in [0.5, 0.6) is 6.01 Å². The number of aliphatic carboxylic acids is 1. The van der Waals surface area contributed by atoms with Gasteiger partial charge in [-0.15, -0.1) is 0 Å². The first-order valence-corrected chi connectivity index (χ1v) is 9.79. The van der Waals surface area contributed by atoms with E-state index in [1.807, 2.05) is 12.1 Å². The topological polar surface area (TPSA) is 98.6 Å². The van der Waals surface area contributed by atoms with Gasteiger partial charge in [0.2, 0.25) is 6.10 Å². The average molecular weight is 420 g/mol. The number of benzene rings is 2. The molecule has 0 aliphatic rings. The second-order valence-corrected chi connectivity index (χ2v) is 7.25. The van der Waals surface area contributed by atoms with E-state index in [2.05, 4.69) is 9.97 Å². The number of nitrogens with zero attached hydrogens (tertiary/aromatic N) is 2. The van der Waals surface area contributed by atoms with Crippen LogP contribution in [0.3, 0.4) is 0 Å². The predicted octanol–water partition coefficient (Wildman–Crippen LogP) is 3.47. The molecule has 31 heavy (non-hydrogen) atoms. The van der Waals surface area contributed by atoms with Crippen molar-refractivity contribution in [1.29, 1.82) is 0 Å². The fourth-order valence-corrected chi connectivity index (χ4v) is 3.61. The summed E-state index contributed by atoms with van der Waals surface area (Å²) in [5.41, 5.74) is 1.20. The number of carboxylic acid groups (broad SMARTS) is 1. The molecule has 1 heterocycles. The minimum Gasteiger partial charge on any atom is -0.478 e. The molecule has 7 heteroatoms. The van der Waals surface area contributed by atoms with Crippen LogP contribution < -0.4 is 4.74 Å². The van der Waals surface area contributed by atoms with Crippen LogP contribution in [0.4, 0.5) is 0 Å². The molecule has 0 fully saturated rings. The van der Waals surface area contributed by atoms with Crippen molar-refractivity contribution < 1.29 is 24.2 Å². The van der Waals surface area contributed by atoms with E-state index in [0.717, 1.165) is 0 Å². The number of carbonyl (C=O) groups excluding carboxylic acids is 1. The molecule has 1 unspecified atom stereocenters. The molecule has 0 saturated heterocycles. The third-order valence-electron chi connectivity index (χ3n) is 4.94. The van der Waals surface area contributed by atoms with E-state index in [1.54, 1.807) is 68.4 Å². The highest BCUT2D eigenvalue weighted by molar-refractivity contribution is 5.77. The lowest BCUT2D eigenvalue weighted by atomic mass is 9.70. The monoisotopic (exact) mass is 420 g/mol. The SMILES string of the molecule is CC(=O)OCC(c1ccccc1)(c1ccccc1)C(Oc1nc(C)cc(C)n1)C(=O)O. The molecule has 160 valence electrons. The van der Waals surface area contributed by atoms with Crippen molar-refractivity contribution in [2.45, 2.75) is 32.3 Å². The van der Waals surface area contributed by atoms with Crippen LogP contribution in [0.25, 0.3) is 0 Å². The number of hydrogen-bond donors (Lipinski definition) is 1. The lowest BCUT2D eigenvalue weighted by Crippen LogP contribution is -2.52. The van der Waals surface area contributed by atoms with Crippen LogP contribution in [0, 0.1) is 13.8 Å². The van der Waals surface area contributed by atoms with Crippen molar-refractivity contribution in [2.24, 2.45) is 0 Å². The summed E-state index contributed by atoms with van der Waals surface area (Å²) in [6.07, 6.45) is -1.47. The summed E-state index contributed by atoms with van der Waals surface area (Å²) in [6.45, 7) is 4.60. The van der Waals surface area contributed by atoms with Gasteiger partial charge in [0.15, 0.2) is 0 Å². The second kappa shape index (κ2) is 9.38. The van der Waals surface area contributed by atoms with E-state index in [0.29, 0.717) is 22.5 Å². The fourth-order valence-electron chi connectivity index (χ4n) is 3.61. The van der Waals surface area contributed by atoms with Crippen LogP contribution in [0.15, 0.2) is 66.7 Å². The van der Waals surface area contributed by atoms with Gasteiger partial charge in [0.05, 0.1) is 0 Å². The van der Waals surface area contributed by atoms with Crippen LogP contribution in [-0.4, -0.2) is 39.7 Å². The van der Waals surface area contributed by atoms with Gasteiger partial charge in [-0.25, -0.2) is 14.8 Å². The molecule has 1 N–H and O–H groups in total. The fraction of sp³-hybridized carbons (Fsp3) is 0.250. The Morgan fingerprint density at radius 2 is 1.42 bits per heavy atom. The highest BCUT2D eigenvalue weighted by Crippen LogP contribution is 2.38. The van der Waals surface area contributed by atoms with Crippen LogP contribution in [0.1, 0.15) is 29.4 Å². The Hall–Kier alpha value is -3.74. The second-order valence-electron chi connectivity index (χ2n) is 7.25. The molecule has 2 aromatic carbocycles. The first-order chi connectivity index (χ1) is 14.8. The molecule has 3 rings (SSSR count). The summed E-state index contributed by atoms with van der Waals surface area (Å²) in [5, 5.41) is 10.3. The zero-order valence-corrected chi connectivity index (χ0v) is 17.6. The maximum atomic E-state index is 12.6. The van der Waals surface area contributed by atoms with Crippen molar-refractivity contribution in [3.63, 3.8) is 0 Å². The van der Waals surface area contributed by atoms with Gasteiger partial charge < -0.3 is 14.6 Å². The number of rotatable bonds is 8. The number of aryl methyl sites for hydroxylation is 2. The lowest BCUT2D eigenvalue weighted by molar-refractivity contribution is -0.154. The van der Waals surface area contributed by atoms with E-state index in [-0.39, 0.29) is 12.6 Å². The summed E-state index contributed by atoms with van der Waals surface area (Å²) in [6, 6.07) is 19.7. The first kappa shape index (κ1) is 22.0. The Morgan fingerprint density at radius 1 is 0.935 bits per heavy atom. The quantitative estimate of drug-likeness (QED) is 0.557. The largest absolute Gasteiger partial charge is 0.478 e. The number of hydrogen-bond acceptors (Lipinski definition) is 6. The number of aromatic nitrogens is 2. The van der Waals surface area contributed by atoms with Crippen molar-refractivity contribution >= 4 is 11.9 Å². The third kappa shape index (κ3) is 4.88. The smallest absolute Gasteiger partial charge is 0.346 e. The predicted molar refractivity (Wildman–Crippen MR) is 114 cm³/mol. The summed E-state index contributed by atoms with van der Waals surface area (Å²) in [7, 11) is 0. The highest BCUT2D eigenvalue weighted by Gasteiger charge is 2.50. The molecule has 0 spiro atoms. The summed E-state index contributed by atoms with van der Waals surface area (Å²) in [4.78, 5) is 32.8. The Balaban J connectivity index is 2.24. The molecule has 0 aliphatic heterocycles. The van der Waals surface area contributed by atoms with Gasteiger partial charge in [-0.3, -0.25) is 4.79 Å². The van der Waals surface area contributed by atoms with E-state index in [9.17, 15) is 14.7 Å². The molecule has 0 aliphatic carbocycles. The maximum Gasteiger partial charge on any atom is 0.346 e. The molecule has 0 saturated carbocycles. The summed E-state index contributed by atoms with van der Waals surface area (Å²) < 4.78 is 11.3. The van der Waals surface area contributed by atoms with Gasteiger partial charge in [-0.2, -0.15) is 0 Å². The molecule has 0 bridgehead atoms. The van der Waals surface area contributed by atoms with Gasteiger partial charge >= 0.3 is 17.9 Å². The molecule has 1 aromatic heterocycles. The van der Waals surface area contributed by atoms with E-state index in [4.69, 9.17) is 9.47 Å². The number of ether oxygens (including phenoxy) is 2. The molecular weight excluding hydrogens is 396 g/mol. The lowest BCUT2D eigenvalue weighted by Gasteiger charge is -2.38. The van der Waals surface area contributed by atoms with E-state index < -0.39 is 23.5 Å². The summed E-state index contributed by atoms with van der Waals surface area (Å²) >= 11 is 0. The zero-order valence-electron chi connectivity index (χ0n) is 17.6. The normalized spacial score (nSPS) is 12.1. The minimum absolute atomic E-state index is 0.0519. The van der Waals surface area contributed by atoms with Gasteiger partial charge in [0.25, 0.3) is 0 Å². The third-order valence-corrected chi connectivity index (χ3v) is 4.94. The van der Waals surface area contributed by atoms with Crippen LogP contribution >= 0.6 is 0 Å². The average Bonchev–Trinajstić information content (AvgIpc) is 2.74. The molecule has 0 amide bonds. The summed E-state index contributed by atoms with van der Waals surface area (Å²) in [5.74, 6) is -1.76. The van der Waals surface area contributed by atoms with Crippen molar-refractivity contribution in [3.05, 3.63) is 89.2 Å². The Kier molecular flexibility index (Phi) is 6.65. The van der Waals surface area contributed by atoms with E-state index >= 15 is 0 Å². The van der Waals surface area contributed by atoms with Crippen molar-refractivity contribution in [2.75, 3.05) is 6.61 Å². The van der Waals surface area contributed by atoms with E-state index in [1.165, 1.54) is 6.92 Å². The molecule has 0 radical (unpaired) electrons. The van der Waals surface area contributed by atoms with Crippen molar-refractivity contribution in [3.8, 4) is 6.01 Å². The number of carboxylic acids is 1. The number of esters is 1. The van der Waals surface area contributed by atoms with Crippen LogP contribution in [0.2, 0.25) is 0 Å². The Bertz CT molecular complexity index is 994. The zero-order chi connectivity index (χ0) is 22.4. The number of carbonyl (C=O) groups is 2. The Labute approximate surface area is 180 Å². The molecule has 3 aromatic rings. The maximum absolute atomic E-state index is 12.6. The molecular formula is C24H24N2O5. The molecule has 7 nitrogen and oxygen atoms in total. The van der Waals surface area contributed by atoms with Crippen molar-refractivity contribution in [1.82, 2.24) is 9.97 Å². The minimum atomic E-state index is -1.47. The first-order valence-electron chi connectivity index (χ1n) is 9.79. The Morgan fingerprint density at radius 3 is 1.84 bits per heavy atom. The molecule has 1 atom stereocenters.